The zero-order valence-corrected chi connectivity index (χ0v) is 6.53. The third-order valence-electron chi connectivity index (χ3n) is 0.732. The van der Waals surface area contributed by atoms with E-state index in [0.29, 0.717) is 3.95 Å². The van der Waals surface area contributed by atoms with Gasteiger partial charge >= 0.3 is 4.87 Å². The zero-order valence-electron chi connectivity index (χ0n) is 4.08. The fraction of sp³-hybridized carbons (Fsp3) is 0.333. The van der Waals surface area contributed by atoms with Gasteiger partial charge < -0.3 is 0 Å². The largest absolute Gasteiger partial charge is 0.318 e. The highest BCUT2D eigenvalue weighted by atomic mass is 32.9. The lowest BCUT2D eigenvalue weighted by Gasteiger charge is -1.77. The molecule has 0 bridgehead atoms. The molecule has 5 heteroatoms. The van der Waals surface area contributed by atoms with Crippen LogP contribution in [0.5, 0.6) is 0 Å². The highest BCUT2D eigenvalue weighted by molar-refractivity contribution is 7.79. The Morgan fingerprint density at radius 1 is 1.62 bits per heavy atom. The van der Waals surface area contributed by atoms with Gasteiger partial charge in [0.2, 0.25) is 0 Å². The van der Waals surface area contributed by atoms with Crippen molar-refractivity contribution in [3.05, 3.63) is 13.6 Å². The minimum Gasteiger partial charge on any atom is -0.284 e. The first-order valence-corrected chi connectivity index (χ1v) is 4.44. The Kier molecular flexibility index (Phi) is 1.59. The summed E-state index contributed by atoms with van der Waals surface area (Å²) >= 11 is 4.77. The Morgan fingerprint density at radius 3 is 2.38 bits per heavy atom. The topological polar surface area (TPSA) is 22.0 Å². The van der Waals surface area contributed by atoms with Gasteiger partial charge in [-0.3, -0.25) is 9.36 Å². The van der Waals surface area contributed by atoms with Gasteiger partial charge in [-0.05, 0) is 32.9 Å². The summed E-state index contributed by atoms with van der Waals surface area (Å²) in [4.78, 5) is 10.6. The average Bonchev–Trinajstić information content (AvgIpc) is 1.98. The van der Waals surface area contributed by atoms with Crippen molar-refractivity contribution in [1.82, 2.24) is 4.57 Å². The Labute approximate surface area is 58.4 Å². The molecule has 1 heterocycles. The van der Waals surface area contributed by atoms with Crippen LogP contribution in [0.3, 0.4) is 0 Å². The van der Waals surface area contributed by atoms with E-state index in [-0.39, 0.29) is 4.87 Å². The van der Waals surface area contributed by atoms with E-state index in [1.807, 2.05) is 0 Å². The van der Waals surface area contributed by atoms with Gasteiger partial charge in [0.1, 0.15) is 0 Å². The molecule has 1 aromatic rings. The van der Waals surface area contributed by atoms with Crippen LogP contribution in [0.4, 0.5) is 0 Å². The Morgan fingerprint density at radius 2 is 2.25 bits per heavy atom. The maximum atomic E-state index is 10.6. The molecule has 0 N–H and O–H groups in total. The molecular formula is C3H3NOS3. The van der Waals surface area contributed by atoms with Gasteiger partial charge in [0, 0.05) is 7.05 Å². The molecule has 0 aliphatic heterocycles. The molecule has 1 rings (SSSR count). The Hall–Kier alpha value is -0.0000000000000000555. The number of hydrogen-bond acceptors (Lipinski definition) is 4. The molecule has 0 spiro atoms. The second-order valence-electron chi connectivity index (χ2n) is 1.26. The number of aromatic nitrogens is 1. The van der Waals surface area contributed by atoms with E-state index < -0.39 is 0 Å². The summed E-state index contributed by atoms with van der Waals surface area (Å²) in [6.45, 7) is 0. The van der Waals surface area contributed by atoms with Gasteiger partial charge in [0.15, 0.2) is 3.95 Å². The van der Waals surface area contributed by atoms with Crippen LogP contribution in [-0.4, -0.2) is 4.57 Å². The van der Waals surface area contributed by atoms with Gasteiger partial charge in [-0.1, -0.05) is 0 Å². The van der Waals surface area contributed by atoms with E-state index >= 15 is 0 Å². The lowest BCUT2D eigenvalue weighted by atomic mass is 11.1. The van der Waals surface area contributed by atoms with Gasteiger partial charge in [0.05, 0.1) is 0 Å². The fourth-order valence-electron chi connectivity index (χ4n) is 0.258. The lowest BCUT2D eigenvalue weighted by molar-refractivity contribution is 0.892. The maximum Gasteiger partial charge on any atom is 0.318 e. The molecule has 0 fully saturated rings. The predicted molar refractivity (Wildman–Crippen MR) is 38.3 cm³/mol. The molecule has 0 saturated heterocycles. The summed E-state index contributed by atoms with van der Waals surface area (Å²) < 4.78 is 2.12. The summed E-state index contributed by atoms with van der Waals surface area (Å²) in [7, 11) is 4.19. The molecule has 44 valence electrons. The van der Waals surface area contributed by atoms with Gasteiger partial charge in [-0.15, -0.1) is 0 Å². The predicted octanol–water partition coefficient (Wildman–Crippen LogP) is 1.24. The van der Waals surface area contributed by atoms with Crippen molar-refractivity contribution in [1.29, 1.82) is 0 Å². The SMILES string of the molecule is Cn1c(=O)ssc1=S. The van der Waals surface area contributed by atoms with Crippen molar-refractivity contribution in [3.63, 3.8) is 0 Å². The summed E-state index contributed by atoms with van der Waals surface area (Å²) in [5, 5.41) is 0. The molecular weight excluding hydrogens is 162 g/mol. The minimum absolute atomic E-state index is 0.0278. The van der Waals surface area contributed by atoms with Crippen molar-refractivity contribution in [3.8, 4) is 0 Å². The van der Waals surface area contributed by atoms with Crippen molar-refractivity contribution >= 4 is 32.9 Å². The van der Waals surface area contributed by atoms with Crippen LogP contribution in [0.2, 0.25) is 0 Å². The molecule has 8 heavy (non-hydrogen) atoms. The standard InChI is InChI=1S/C3H3NOS3/c1-4-2(5)7-8-3(4)6/h1H3. The third-order valence-corrected chi connectivity index (χ3v) is 3.64. The van der Waals surface area contributed by atoms with Crippen LogP contribution in [0, 0.1) is 3.95 Å². The Balaban J connectivity index is 3.66. The van der Waals surface area contributed by atoms with Crippen LogP contribution in [0.25, 0.3) is 0 Å². The van der Waals surface area contributed by atoms with E-state index in [1.54, 1.807) is 7.05 Å². The first-order valence-electron chi connectivity index (χ1n) is 1.88. The summed E-state index contributed by atoms with van der Waals surface area (Å²) in [5.41, 5.74) is 0. The fourth-order valence-corrected chi connectivity index (χ4v) is 2.40. The summed E-state index contributed by atoms with van der Waals surface area (Å²) in [5.74, 6) is 0. The van der Waals surface area contributed by atoms with Crippen LogP contribution in [-0.2, 0) is 7.05 Å². The van der Waals surface area contributed by atoms with E-state index in [4.69, 9.17) is 12.2 Å². The van der Waals surface area contributed by atoms with Crippen molar-refractivity contribution < 1.29 is 0 Å². The number of rotatable bonds is 0. The highest BCUT2D eigenvalue weighted by Crippen LogP contribution is 2.00. The van der Waals surface area contributed by atoms with Crippen LogP contribution >= 0.6 is 32.9 Å². The van der Waals surface area contributed by atoms with Gasteiger partial charge in [0.25, 0.3) is 0 Å². The van der Waals surface area contributed by atoms with Crippen LogP contribution in [0.15, 0.2) is 4.79 Å². The number of nitrogens with zero attached hydrogens (tertiary/aromatic N) is 1. The molecule has 0 amide bonds. The van der Waals surface area contributed by atoms with Crippen LogP contribution in [0.1, 0.15) is 0 Å². The lowest BCUT2D eigenvalue weighted by Crippen LogP contribution is -2.06. The Bertz CT molecular complexity index is 252. The zero-order chi connectivity index (χ0) is 6.15. The highest BCUT2D eigenvalue weighted by Gasteiger charge is 1.90. The van der Waals surface area contributed by atoms with Crippen LogP contribution < -0.4 is 4.87 Å². The second kappa shape index (κ2) is 2.08. The first-order chi connectivity index (χ1) is 3.72. The molecule has 0 aliphatic carbocycles. The molecule has 2 nitrogen and oxygen atoms in total. The molecule has 0 aliphatic rings. The molecule has 0 saturated carbocycles. The normalized spacial score (nSPS) is 9.62. The molecule has 0 aromatic carbocycles. The second-order valence-corrected chi connectivity index (χ2v) is 3.97. The molecule has 0 radical (unpaired) electrons. The van der Waals surface area contributed by atoms with Gasteiger partial charge in [-0.25, -0.2) is 0 Å². The quantitative estimate of drug-likeness (QED) is 0.426. The molecule has 0 unspecified atom stereocenters. The van der Waals surface area contributed by atoms with Crippen molar-refractivity contribution in [2.24, 2.45) is 7.05 Å². The maximum absolute atomic E-state index is 10.6. The number of hydrogen-bond donors (Lipinski definition) is 0. The molecule has 1 aromatic heterocycles. The van der Waals surface area contributed by atoms with E-state index in [1.165, 1.54) is 25.2 Å². The van der Waals surface area contributed by atoms with E-state index in [9.17, 15) is 4.79 Å². The van der Waals surface area contributed by atoms with E-state index in [2.05, 4.69) is 0 Å². The first kappa shape index (κ1) is 6.12. The van der Waals surface area contributed by atoms with E-state index in [0.717, 1.165) is 0 Å². The van der Waals surface area contributed by atoms with Crippen molar-refractivity contribution in [2.75, 3.05) is 0 Å². The summed E-state index contributed by atoms with van der Waals surface area (Å²) in [6.07, 6.45) is 0. The summed E-state index contributed by atoms with van der Waals surface area (Å²) in [6, 6.07) is 0. The van der Waals surface area contributed by atoms with Crippen molar-refractivity contribution in [2.45, 2.75) is 0 Å². The van der Waals surface area contributed by atoms with Gasteiger partial charge in [-0.2, -0.15) is 0 Å². The molecule has 0 atom stereocenters. The minimum atomic E-state index is 0.0278. The average molecular weight is 165 g/mol. The third kappa shape index (κ3) is 0.888. The monoisotopic (exact) mass is 165 g/mol. The smallest absolute Gasteiger partial charge is 0.284 e.